The summed E-state index contributed by atoms with van der Waals surface area (Å²) in [6.45, 7) is 2.07. The average molecular weight is 456 g/mol. The predicted octanol–water partition coefficient (Wildman–Crippen LogP) is 2.55. The molecule has 0 aromatic heterocycles. The molecule has 32 heavy (non-hydrogen) atoms. The van der Waals surface area contributed by atoms with Crippen molar-refractivity contribution in [3.8, 4) is 5.75 Å². The first-order valence-electron chi connectivity index (χ1n) is 10.8. The Morgan fingerprint density at radius 2 is 2.19 bits per heavy atom. The average Bonchev–Trinajstić information content (AvgIpc) is 3.21. The van der Waals surface area contributed by atoms with Gasteiger partial charge in [-0.05, 0) is 41.8 Å². The Kier molecular flexibility index (Phi) is 7.03. The molecule has 2 aliphatic rings. The van der Waals surface area contributed by atoms with Crippen LogP contribution in [0.25, 0.3) is 0 Å². The van der Waals surface area contributed by atoms with Crippen molar-refractivity contribution in [2.45, 2.75) is 29.9 Å². The molecule has 2 aromatic rings. The molecule has 2 aromatic carbocycles. The Labute approximate surface area is 192 Å². The van der Waals surface area contributed by atoms with E-state index in [1.807, 2.05) is 49.5 Å². The summed E-state index contributed by atoms with van der Waals surface area (Å²) in [5, 5.41) is 12.8. The number of aliphatic hydroxyl groups is 1. The van der Waals surface area contributed by atoms with Crippen molar-refractivity contribution in [1.29, 1.82) is 0 Å². The SMILES string of the molecule is COc1cccc([C@@H](CN2CC[C@@H](O)C2)N(C)C(=O)Cc2ccc3c(c2)NC(=O)CS3)c1. The van der Waals surface area contributed by atoms with Crippen LogP contribution in [0.15, 0.2) is 47.4 Å². The molecular weight excluding hydrogens is 426 g/mol. The first-order valence-corrected chi connectivity index (χ1v) is 11.8. The number of carbonyl (C=O) groups excluding carboxylic acids is 2. The van der Waals surface area contributed by atoms with Gasteiger partial charge < -0.3 is 20.1 Å². The van der Waals surface area contributed by atoms with E-state index >= 15 is 0 Å². The lowest BCUT2D eigenvalue weighted by molar-refractivity contribution is -0.131. The number of hydrogen-bond acceptors (Lipinski definition) is 6. The van der Waals surface area contributed by atoms with Crippen molar-refractivity contribution in [2.24, 2.45) is 0 Å². The molecule has 1 saturated heterocycles. The van der Waals surface area contributed by atoms with Gasteiger partial charge in [0.25, 0.3) is 0 Å². The third-order valence-electron chi connectivity index (χ3n) is 6.05. The zero-order chi connectivity index (χ0) is 22.7. The van der Waals surface area contributed by atoms with E-state index in [9.17, 15) is 14.7 Å². The van der Waals surface area contributed by atoms with Crippen LogP contribution < -0.4 is 10.1 Å². The molecule has 2 aliphatic heterocycles. The van der Waals surface area contributed by atoms with E-state index in [1.54, 1.807) is 12.0 Å². The number of rotatable bonds is 7. The molecule has 4 rings (SSSR count). The van der Waals surface area contributed by atoms with Crippen LogP contribution >= 0.6 is 11.8 Å². The number of amides is 2. The lowest BCUT2D eigenvalue weighted by atomic mass is 10.0. The highest BCUT2D eigenvalue weighted by Gasteiger charge is 2.28. The molecule has 0 spiro atoms. The number of aliphatic hydroxyl groups excluding tert-OH is 1. The normalized spacial score (nSPS) is 19.2. The molecule has 0 bridgehead atoms. The van der Waals surface area contributed by atoms with Gasteiger partial charge in [0.05, 0.1) is 37.1 Å². The molecule has 2 atom stereocenters. The van der Waals surface area contributed by atoms with Crippen LogP contribution in [0.1, 0.15) is 23.6 Å². The van der Waals surface area contributed by atoms with E-state index in [1.165, 1.54) is 11.8 Å². The summed E-state index contributed by atoms with van der Waals surface area (Å²) in [6.07, 6.45) is 0.680. The van der Waals surface area contributed by atoms with E-state index < -0.39 is 0 Å². The van der Waals surface area contributed by atoms with Crippen LogP contribution in [-0.2, 0) is 16.0 Å². The third-order valence-corrected chi connectivity index (χ3v) is 7.12. The molecule has 0 aliphatic carbocycles. The number of β-amino-alcohol motifs (C(OH)–C–C–N with tert-alkyl or cyclic N) is 1. The second-order valence-electron chi connectivity index (χ2n) is 8.34. The summed E-state index contributed by atoms with van der Waals surface area (Å²) < 4.78 is 5.40. The predicted molar refractivity (Wildman–Crippen MR) is 125 cm³/mol. The van der Waals surface area contributed by atoms with Gasteiger partial charge in [-0.25, -0.2) is 0 Å². The summed E-state index contributed by atoms with van der Waals surface area (Å²) in [6, 6.07) is 13.4. The first kappa shape index (κ1) is 22.6. The van der Waals surface area contributed by atoms with Crippen molar-refractivity contribution in [2.75, 3.05) is 44.9 Å². The van der Waals surface area contributed by atoms with Gasteiger partial charge in [0.2, 0.25) is 11.8 Å². The number of benzene rings is 2. The summed E-state index contributed by atoms with van der Waals surface area (Å²) in [5.74, 6) is 1.14. The molecule has 7 nitrogen and oxygen atoms in total. The number of fused-ring (bicyclic) bond motifs is 1. The molecule has 2 heterocycles. The van der Waals surface area contributed by atoms with Crippen molar-refractivity contribution >= 4 is 29.3 Å². The summed E-state index contributed by atoms with van der Waals surface area (Å²) >= 11 is 1.51. The number of carbonyl (C=O) groups is 2. The fourth-order valence-electron chi connectivity index (χ4n) is 4.24. The van der Waals surface area contributed by atoms with Gasteiger partial charge in [-0.2, -0.15) is 0 Å². The largest absolute Gasteiger partial charge is 0.497 e. The quantitative estimate of drug-likeness (QED) is 0.668. The maximum atomic E-state index is 13.3. The smallest absolute Gasteiger partial charge is 0.234 e. The molecule has 0 saturated carbocycles. The number of nitrogens with zero attached hydrogens (tertiary/aromatic N) is 2. The van der Waals surface area contributed by atoms with Gasteiger partial charge in [-0.1, -0.05) is 18.2 Å². The first-order chi connectivity index (χ1) is 15.4. The fraction of sp³-hybridized carbons (Fsp3) is 0.417. The van der Waals surface area contributed by atoms with E-state index in [4.69, 9.17) is 4.74 Å². The molecule has 0 radical (unpaired) electrons. The maximum absolute atomic E-state index is 13.3. The highest BCUT2D eigenvalue weighted by Crippen LogP contribution is 2.32. The second kappa shape index (κ2) is 9.94. The number of likely N-dealkylation sites (tertiary alicyclic amines) is 1. The van der Waals surface area contributed by atoms with E-state index in [0.717, 1.165) is 40.4 Å². The summed E-state index contributed by atoms with van der Waals surface area (Å²) in [7, 11) is 3.46. The number of thioether (sulfide) groups is 1. The van der Waals surface area contributed by atoms with E-state index in [-0.39, 0.29) is 30.4 Å². The maximum Gasteiger partial charge on any atom is 0.234 e. The van der Waals surface area contributed by atoms with Gasteiger partial charge in [0.15, 0.2) is 0 Å². The van der Waals surface area contributed by atoms with Gasteiger partial charge in [-0.3, -0.25) is 14.5 Å². The fourth-order valence-corrected chi connectivity index (χ4v) is 5.02. The molecular formula is C24H29N3O4S. The van der Waals surface area contributed by atoms with Crippen LogP contribution in [-0.4, -0.2) is 72.4 Å². The van der Waals surface area contributed by atoms with Gasteiger partial charge >= 0.3 is 0 Å². The Bertz CT molecular complexity index is 999. The summed E-state index contributed by atoms with van der Waals surface area (Å²) in [4.78, 5) is 30.0. The molecule has 8 heteroatoms. The number of nitrogens with one attached hydrogen (secondary N) is 1. The van der Waals surface area contributed by atoms with Crippen molar-refractivity contribution in [3.05, 3.63) is 53.6 Å². The van der Waals surface area contributed by atoms with Crippen molar-refractivity contribution in [3.63, 3.8) is 0 Å². The minimum atomic E-state index is -0.314. The monoisotopic (exact) mass is 455 g/mol. The minimum Gasteiger partial charge on any atom is -0.497 e. The van der Waals surface area contributed by atoms with Crippen molar-refractivity contribution < 1.29 is 19.4 Å². The molecule has 2 amide bonds. The topological polar surface area (TPSA) is 82.1 Å². The Morgan fingerprint density at radius 3 is 2.94 bits per heavy atom. The highest BCUT2D eigenvalue weighted by atomic mass is 32.2. The number of methoxy groups -OCH3 is 1. The highest BCUT2D eigenvalue weighted by molar-refractivity contribution is 8.00. The summed E-state index contributed by atoms with van der Waals surface area (Å²) in [5.41, 5.74) is 2.63. The minimum absolute atomic E-state index is 0.00713. The Balaban J connectivity index is 1.53. The van der Waals surface area contributed by atoms with Crippen LogP contribution in [0, 0.1) is 0 Å². The zero-order valence-electron chi connectivity index (χ0n) is 18.4. The number of ether oxygens (including phenoxy) is 1. The lowest BCUT2D eigenvalue weighted by Gasteiger charge is -2.32. The van der Waals surface area contributed by atoms with E-state index in [2.05, 4.69) is 10.2 Å². The molecule has 2 N–H and O–H groups in total. The van der Waals surface area contributed by atoms with Crippen LogP contribution in [0.4, 0.5) is 5.69 Å². The van der Waals surface area contributed by atoms with Crippen LogP contribution in [0.5, 0.6) is 5.75 Å². The standard InChI is InChI=1S/C24H29N3O4S/c1-26(24(30)11-16-6-7-22-20(10-16)25-23(29)15-32-22)21(14-27-9-8-18(28)13-27)17-4-3-5-19(12-17)31-2/h3-7,10,12,18,21,28H,8-9,11,13-15H2,1-2H3,(H,25,29)/t18-,21-/m1/s1. The lowest BCUT2D eigenvalue weighted by Crippen LogP contribution is -2.39. The van der Waals surface area contributed by atoms with Crippen LogP contribution in [0.3, 0.4) is 0 Å². The van der Waals surface area contributed by atoms with Crippen LogP contribution in [0.2, 0.25) is 0 Å². The Morgan fingerprint density at radius 1 is 1.34 bits per heavy atom. The van der Waals surface area contributed by atoms with Gasteiger partial charge in [-0.15, -0.1) is 11.8 Å². The number of hydrogen-bond donors (Lipinski definition) is 2. The van der Waals surface area contributed by atoms with Gasteiger partial charge in [0, 0.05) is 31.6 Å². The third kappa shape index (κ3) is 5.26. The zero-order valence-corrected chi connectivity index (χ0v) is 19.2. The molecule has 170 valence electrons. The second-order valence-corrected chi connectivity index (χ2v) is 9.36. The number of anilines is 1. The molecule has 1 fully saturated rings. The molecule has 0 unspecified atom stereocenters. The van der Waals surface area contributed by atoms with Gasteiger partial charge in [0.1, 0.15) is 5.75 Å². The van der Waals surface area contributed by atoms with Crippen molar-refractivity contribution in [1.82, 2.24) is 9.80 Å². The Hall–Kier alpha value is -2.55. The number of likely N-dealkylation sites (N-methyl/N-ethyl adjacent to an activating group) is 1. The van der Waals surface area contributed by atoms with E-state index in [0.29, 0.717) is 18.8 Å².